The molecule has 2 heterocycles. The van der Waals surface area contributed by atoms with Gasteiger partial charge in [0.15, 0.2) is 5.82 Å². The summed E-state index contributed by atoms with van der Waals surface area (Å²) in [5.74, 6) is -0.103. The fraction of sp³-hybridized carbons (Fsp3) is 0.211. The first-order valence-electron chi connectivity index (χ1n) is 8.42. The molecule has 1 amide bonds. The normalized spacial score (nSPS) is 11.3. The number of pyridine rings is 1. The van der Waals surface area contributed by atoms with Gasteiger partial charge in [-0.2, -0.15) is 5.10 Å². The highest BCUT2D eigenvalue weighted by atomic mass is 19.4. The first-order valence-corrected chi connectivity index (χ1v) is 8.42. The summed E-state index contributed by atoms with van der Waals surface area (Å²) in [5.41, 5.74) is 3.22. The van der Waals surface area contributed by atoms with Gasteiger partial charge in [-0.1, -0.05) is 12.1 Å². The molecule has 6 nitrogen and oxygen atoms in total. The molecule has 0 aliphatic rings. The lowest BCUT2D eigenvalue weighted by atomic mass is 10.1. The Bertz CT molecular complexity index is 938. The fourth-order valence-corrected chi connectivity index (χ4v) is 2.63. The lowest BCUT2D eigenvalue weighted by Gasteiger charge is -2.09. The molecule has 0 bridgehead atoms. The zero-order valence-electron chi connectivity index (χ0n) is 14.9. The molecule has 0 unspecified atom stereocenters. The molecule has 0 saturated carbocycles. The van der Waals surface area contributed by atoms with Gasteiger partial charge in [0, 0.05) is 29.9 Å². The van der Waals surface area contributed by atoms with Crippen LogP contribution >= 0.6 is 0 Å². The van der Waals surface area contributed by atoms with E-state index in [4.69, 9.17) is 0 Å². The van der Waals surface area contributed by atoms with E-state index in [9.17, 15) is 18.0 Å². The van der Waals surface area contributed by atoms with E-state index >= 15 is 0 Å². The molecule has 0 aliphatic heterocycles. The van der Waals surface area contributed by atoms with Gasteiger partial charge in [-0.3, -0.25) is 14.9 Å². The van der Waals surface area contributed by atoms with Crippen molar-refractivity contribution in [3.8, 4) is 17.0 Å². The van der Waals surface area contributed by atoms with Crippen molar-refractivity contribution in [1.82, 2.24) is 15.2 Å². The molecule has 2 N–H and O–H groups in total. The Hall–Kier alpha value is -3.36. The number of nitrogens with zero attached hydrogens (tertiary/aromatic N) is 2. The summed E-state index contributed by atoms with van der Waals surface area (Å²) in [6.07, 6.45) is -0.856. The first kappa shape index (κ1) is 19.4. The molecule has 0 saturated heterocycles. The highest BCUT2D eigenvalue weighted by Crippen LogP contribution is 2.26. The molecular formula is C19H17F3N4O2. The van der Waals surface area contributed by atoms with Crippen molar-refractivity contribution in [2.45, 2.75) is 26.1 Å². The zero-order valence-corrected chi connectivity index (χ0v) is 14.9. The highest BCUT2D eigenvalue weighted by molar-refractivity contribution is 5.91. The van der Waals surface area contributed by atoms with Gasteiger partial charge < -0.3 is 10.1 Å². The van der Waals surface area contributed by atoms with Crippen LogP contribution in [0, 0.1) is 6.92 Å². The van der Waals surface area contributed by atoms with Crippen molar-refractivity contribution >= 4 is 11.7 Å². The number of hydrogen-bond acceptors (Lipinski definition) is 4. The van der Waals surface area contributed by atoms with E-state index in [-0.39, 0.29) is 18.1 Å². The maximum Gasteiger partial charge on any atom is 0.573 e. The molecule has 2 aromatic heterocycles. The number of nitrogens with one attached hydrogen (secondary N) is 2. The van der Waals surface area contributed by atoms with Crippen LogP contribution in [-0.4, -0.2) is 27.5 Å². The maximum atomic E-state index is 12.2. The number of carbonyl (C=O) groups excluding carboxylic acids is 1. The molecular weight excluding hydrogens is 373 g/mol. The number of H-pyrrole nitrogens is 1. The molecule has 3 aromatic rings. The van der Waals surface area contributed by atoms with Crippen LogP contribution in [0.15, 0.2) is 48.8 Å². The Morgan fingerprint density at radius 3 is 2.46 bits per heavy atom. The SMILES string of the molecule is Cc1c(NC(=O)CCc2ccc(OC(F)(F)F)cc2)n[nH]c1-c1ccncc1. The predicted molar refractivity (Wildman–Crippen MR) is 96.6 cm³/mol. The summed E-state index contributed by atoms with van der Waals surface area (Å²) in [7, 11) is 0. The van der Waals surface area contributed by atoms with Crippen LogP contribution in [0.25, 0.3) is 11.3 Å². The standard InChI is InChI=1S/C19H17F3N4O2/c1-12-17(14-8-10-23-11-9-14)25-26-18(12)24-16(27)7-4-13-2-5-15(6-3-13)28-19(20,21)22/h2-3,5-6,8-11H,4,7H2,1H3,(H2,24,25,26,27). The van der Waals surface area contributed by atoms with Gasteiger partial charge in [0.05, 0.1) is 5.69 Å². The minimum atomic E-state index is -4.72. The maximum absolute atomic E-state index is 12.2. The third kappa shape index (κ3) is 5.09. The van der Waals surface area contributed by atoms with E-state index in [1.54, 1.807) is 12.4 Å². The minimum absolute atomic E-state index is 0.163. The molecule has 0 fully saturated rings. The summed E-state index contributed by atoms with van der Waals surface area (Å²) < 4.78 is 40.3. The number of aryl methyl sites for hydroxylation is 1. The third-order valence-electron chi connectivity index (χ3n) is 4.03. The number of carbonyl (C=O) groups is 1. The molecule has 0 spiro atoms. The van der Waals surface area contributed by atoms with Crippen LogP contribution in [0.3, 0.4) is 0 Å². The van der Waals surface area contributed by atoms with Gasteiger partial charge >= 0.3 is 6.36 Å². The molecule has 0 atom stereocenters. The van der Waals surface area contributed by atoms with Crippen molar-refractivity contribution in [3.63, 3.8) is 0 Å². The summed E-state index contributed by atoms with van der Waals surface area (Å²) in [4.78, 5) is 16.2. The number of ether oxygens (including phenoxy) is 1. The van der Waals surface area contributed by atoms with Gasteiger partial charge in [-0.05, 0) is 43.2 Å². The van der Waals surface area contributed by atoms with E-state index in [0.717, 1.165) is 22.4 Å². The Morgan fingerprint density at radius 1 is 1.14 bits per heavy atom. The van der Waals surface area contributed by atoms with E-state index in [1.165, 1.54) is 24.3 Å². The number of aromatic amines is 1. The quantitative estimate of drug-likeness (QED) is 0.659. The topological polar surface area (TPSA) is 79.9 Å². The van der Waals surface area contributed by atoms with Gasteiger partial charge in [0.1, 0.15) is 5.75 Å². The summed E-state index contributed by atoms with van der Waals surface area (Å²) in [6, 6.07) is 9.10. The monoisotopic (exact) mass is 390 g/mol. The van der Waals surface area contributed by atoms with Gasteiger partial charge in [0.25, 0.3) is 0 Å². The van der Waals surface area contributed by atoms with Crippen LogP contribution in [0.2, 0.25) is 0 Å². The molecule has 0 aliphatic carbocycles. The summed E-state index contributed by atoms with van der Waals surface area (Å²) in [5, 5.41) is 9.77. The van der Waals surface area contributed by atoms with Crippen molar-refractivity contribution in [2.75, 3.05) is 5.32 Å². The highest BCUT2D eigenvalue weighted by Gasteiger charge is 2.30. The van der Waals surface area contributed by atoms with Crippen molar-refractivity contribution in [2.24, 2.45) is 0 Å². The lowest BCUT2D eigenvalue weighted by molar-refractivity contribution is -0.274. The second kappa shape index (κ2) is 8.12. The van der Waals surface area contributed by atoms with Crippen molar-refractivity contribution < 1.29 is 22.7 Å². The number of benzene rings is 1. The molecule has 3 rings (SSSR count). The molecule has 0 radical (unpaired) electrons. The minimum Gasteiger partial charge on any atom is -0.406 e. The second-order valence-electron chi connectivity index (χ2n) is 6.05. The number of alkyl halides is 3. The number of anilines is 1. The molecule has 9 heteroatoms. The fourth-order valence-electron chi connectivity index (χ4n) is 2.63. The Balaban J connectivity index is 1.56. The zero-order chi connectivity index (χ0) is 20.1. The summed E-state index contributed by atoms with van der Waals surface area (Å²) >= 11 is 0. The van der Waals surface area contributed by atoms with Gasteiger partial charge in [0.2, 0.25) is 5.91 Å². The largest absolute Gasteiger partial charge is 0.573 e. The van der Waals surface area contributed by atoms with Crippen molar-refractivity contribution in [1.29, 1.82) is 0 Å². The molecule has 1 aromatic carbocycles. The number of hydrogen-bond donors (Lipinski definition) is 2. The molecule has 28 heavy (non-hydrogen) atoms. The third-order valence-corrected chi connectivity index (χ3v) is 4.03. The van der Waals surface area contributed by atoms with Crippen molar-refractivity contribution in [3.05, 3.63) is 59.9 Å². The Labute approximate surface area is 158 Å². The van der Waals surface area contributed by atoms with Crippen LogP contribution in [0.5, 0.6) is 5.75 Å². The Kier molecular flexibility index (Phi) is 5.62. The van der Waals surface area contributed by atoms with Crippen LogP contribution in [0.4, 0.5) is 19.0 Å². The Morgan fingerprint density at radius 2 is 1.82 bits per heavy atom. The number of halogens is 3. The second-order valence-corrected chi connectivity index (χ2v) is 6.05. The summed E-state index contributed by atoms with van der Waals surface area (Å²) in [6.45, 7) is 1.84. The van der Waals surface area contributed by atoms with E-state index in [2.05, 4.69) is 25.2 Å². The van der Waals surface area contributed by atoms with Gasteiger partial charge in [-0.25, -0.2) is 0 Å². The number of amides is 1. The first-order chi connectivity index (χ1) is 13.3. The number of rotatable bonds is 6. The average Bonchev–Trinajstić information content (AvgIpc) is 3.01. The molecule has 146 valence electrons. The van der Waals surface area contributed by atoms with Gasteiger partial charge in [-0.15, -0.1) is 13.2 Å². The number of aromatic nitrogens is 3. The van der Waals surface area contributed by atoms with E-state index < -0.39 is 6.36 Å². The average molecular weight is 390 g/mol. The van der Waals surface area contributed by atoms with E-state index in [0.29, 0.717) is 12.2 Å². The smallest absolute Gasteiger partial charge is 0.406 e. The van der Waals surface area contributed by atoms with Crippen LogP contribution < -0.4 is 10.1 Å². The predicted octanol–water partition coefficient (Wildman–Crippen LogP) is 4.25. The van der Waals surface area contributed by atoms with Crippen LogP contribution in [0.1, 0.15) is 17.5 Å². The van der Waals surface area contributed by atoms with Crippen LogP contribution in [-0.2, 0) is 11.2 Å². The van der Waals surface area contributed by atoms with E-state index in [1.807, 2.05) is 19.1 Å². The lowest BCUT2D eigenvalue weighted by Crippen LogP contribution is -2.17.